The van der Waals surface area contributed by atoms with Crippen LogP contribution in [-0.2, 0) is 13.0 Å². The monoisotopic (exact) mass is 267 g/mol. The molecule has 0 atom stereocenters. The molecule has 2 rings (SSSR count). The fourth-order valence-electron chi connectivity index (χ4n) is 2.16. The van der Waals surface area contributed by atoms with Crippen LogP contribution in [0.15, 0.2) is 48.5 Å². The van der Waals surface area contributed by atoms with Gasteiger partial charge in [-0.2, -0.15) is 0 Å². The van der Waals surface area contributed by atoms with E-state index in [0.717, 1.165) is 24.2 Å². The van der Waals surface area contributed by atoms with Crippen molar-refractivity contribution in [2.45, 2.75) is 19.9 Å². The molecule has 0 aliphatic carbocycles. The molecular formula is C17H21N3. The van der Waals surface area contributed by atoms with Crippen LogP contribution in [0.4, 0.5) is 5.69 Å². The number of amidine groups is 1. The van der Waals surface area contributed by atoms with Gasteiger partial charge in [-0.05, 0) is 29.7 Å². The minimum atomic E-state index is 0.104. The van der Waals surface area contributed by atoms with Gasteiger partial charge in [0.1, 0.15) is 5.84 Å². The molecule has 0 spiro atoms. The Labute approximate surface area is 120 Å². The van der Waals surface area contributed by atoms with Crippen molar-refractivity contribution in [2.75, 3.05) is 11.9 Å². The fourth-order valence-corrected chi connectivity index (χ4v) is 2.16. The summed E-state index contributed by atoms with van der Waals surface area (Å²) in [4.78, 5) is 2.16. The van der Waals surface area contributed by atoms with Crippen LogP contribution < -0.4 is 10.6 Å². The molecule has 0 aliphatic rings. The SMILES string of the molecule is CCc1ccc(CN(C)c2cccc(C(=N)N)c2)cc1. The van der Waals surface area contributed by atoms with Gasteiger partial charge in [0.15, 0.2) is 0 Å². The molecule has 3 nitrogen and oxygen atoms in total. The van der Waals surface area contributed by atoms with E-state index in [9.17, 15) is 0 Å². The average Bonchev–Trinajstić information content (AvgIpc) is 2.48. The Kier molecular flexibility index (Phi) is 4.41. The molecule has 0 saturated carbocycles. The Morgan fingerprint density at radius 3 is 2.35 bits per heavy atom. The van der Waals surface area contributed by atoms with Crippen molar-refractivity contribution in [3.05, 3.63) is 65.2 Å². The van der Waals surface area contributed by atoms with Crippen LogP contribution in [0.3, 0.4) is 0 Å². The molecular weight excluding hydrogens is 246 g/mol. The Bertz CT molecular complexity index is 587. The highest BCUT2D eigenvalue weighted by atomic mass is 15.1. The third kappa shape index (κ3) is 3.38. The molecule has 0 amide bonds. The number of hydrogen-bond acceptors (Lipinski definition) is 2. The van der Waals surface area contributed by atoms with Crippen LogP contribution in [0.1, 0.15) is 23.6 Å². The van der Waals surface area contributed by atoms with Crippen LogP contribution in [0.5, 0.6) is 0 Å². The molecule has 0 heterocycles. The van der Waals surface area contributed by atoms with Crippen molar-refractivity contribution in [1.29, 1.82) is 5.41 Å². The first-order chi connectivity index (χ1) is 9.60. The predicted octanol–water partition coefficient (Wildman–Crippen LogP) is 3.17. The largest absolute Gasteiger partial charge is 0.384 e. The van der Waals surface area contributed by atoms with Gasteiger partial charge in [0.25, 0.3) is 0 Å². The van der Waals surface area contributed by atoms with Gasteiger partial charge < -0.3 is 10.6 Å². The summed E-state index contributed by atoms with van der Waals surface area (Å²) in [7, 11) is 2.05. The van der Waals surface area contributed by atoms with Crippen molar-refractivity contribution in [2.24, 2.45) is 5.73 Å². The minimum Gasteiger partial charge on any atom is -0.384 e. The van der Waals surface area contributed by atoms with Crippen LogP contribution in [0.25, 0.3) is 0 Å². The highest BCUT2D eigenvalue weighted by molar-refractivity contribution is 5.95. The Balaban J connectivity index is 2.12. The molecule has 3 N–H and O–H groups in total. The van der Waals surface area contributed by atoms with E-state index in [-0.39, 0.29) is 5.84 Å². The third-order valence-electron chi connectivity index (χ3n) is 3.45. The summed E-state index contributed by atoms with van der Waals surface area (Å²) in [6.07, 6.45) is 1.07. The van der Waals surface area contributed by atoms with Gasteiger partial charge in [0.05, 0.1) is 0 Å². The van der Waals surface area contributed by atoms with E-state index in [1.807, 2.05) is 31.3 Å². The Morgan fingerprint density at radius 2 is 1.75 bits per heavy atom. The van der Waals surface area contributed by atoms with Gasteiger partial charge in [-0.15, -0.1) is 0 Å². The van der Waals surface area contributed by atoms with Gasteiger partial charge in [-0.3, -0.25) is 5.41 Å². The number of anilines is 1. The topological polar surface area (TPSA) is 53.1 Å². The van der Waals surface area contributed by atoms with Gasteiger partial charge in [-0.1, -0.05) is 43.3 Å². The lowest BCUT2D eigenvalue weighted by molar-refractivity contribution is 0.921. The van der Waals surface area contributed by atoms with Crippen molar-refractivity contribution in [1.82, 2.24) is 0 Å². The smallest absolute Gasteiger partial charge is 0.122 e. The summed E-state index contributed by atoms with van der Waals surface area (Å²) in [5.41, 5.74) is 9.99. The van der Waals surface area contributed by atoms with E-state index in [2.05, 4.69) is 36.1 Å². The molecule has 104 valence electrons. The summed E-state index contributed by atoms with van der Waals surface area (Å²) < 4.78 is 0. The minimum absolute atomic E-state index is 0.104. The summed E-state index contributed by atoms with van der Waals surface area (Å²) in [6.45, 7) is 3.00. The lowest BCUT2D eigenvalue weighted by Crippen LogP contribution is -2.18. The first-order valence-electron chi connectivity index (χ1n) is 6.83. The molecule has 0 unspecified atom stereocenters. The van der Waals surface area contributed by atoms with E-state index < -0.39 is 0 Å². The molecule has 2 aromatic carbocycles. The highest BCUT2D eigenvalue weighted by Crippen LogP contribution is 2.17. The molecule has 0 aromatic heterocycles. The maximum absolute atomic E-state index is 7.50. The first-order valence-corrected chi connectivity index (χ1v) is 6.83. The van der Waals surface area contributed by atoms with Gasteiger partial charge >= 0.3 is 0 Å². The highest BCUT2D eigenvalue weighted by Gasteiger charge is 2.04. The normalized spacial score (nSPS) is 10.3. The van der Waals surface area contributed by atoms with Crippen molar-refractivity contribution < 1.29 is 0 Å². The number of nitrogens with one attached hydrogen (secondary N) is 1. The number of nitrogens with two attached hydrogens (primary N) is 1. The zero-order valence-electron chi connectivity index (χ0n) is 12.1. The molecule has 0 saturated heterocycles. The number of nitrogens with zero attached hydrogens (tertiary/aromatic N) is 1. The zero-order chi connectivity index (χ0) is 14.5. The predicted molar refractivity (Wildman–Crippen MR) is 85.4 cm³/mol. The molecule has 0 fully saturated rings. The van der Waals surface area contributed by atoms with E-state index in [4.69, 9.17) is 11.1 Å². The van der Waals surface area contributed by atoms with Crippen LogP contribution in [0.2, 0.25) is 0 Å². The van der Waals surface area contributed by atoms with E-state index in [1.165, 1.54) is 11.1 Å². The zero-order valence-corrected chi connectivity index (χ0v) is 12.1. The van der Waals surface area contributed by atoms with Crippen LogP contribution >= 0.6 is 0 Å². The summed E-state index contributed by atoms with van der Waals surface area (Å²) in [5.74, 6) is 0.104. The molecule has 0 aliphatic heterocycles. The van der Waals surface area contributed by atoms with E-state index >= 15 is 0 Å². The molecule has 0 radical (unpaired) electrons. The van der Waals surface area contributed by atoms with Crippen LogP contribution in [0, 0.1) is 5.41 Å². The lowest BCUT2D eigenvalue weighted by atomic mass is 10.1. The van der Waals surface area contributed by atoms with Gasteiger partial charge in [-0.25, -0.2) is 0 Å². The number of aryl methyl sites for hydroxylation is 1. The number of hydrogen-bond donors (Lipinski definition) is 2. The molecule has 20 heavy (non-hydrogen) atoms. The maximum Gasteiger partial charge on any atom is 0.122 e. The van der Waals surface area contributed by atoms with Crippen LogP contribution in [-0.4, -0.2) is 12.9 Å². The van der Waals surface area contributed by atoms with Gasteiger partial charge in [0.2, 0.25) is 0 Å². The van der Waals surface area contributed by atoms with E-state index in [0.29, 0.717) is 0 Å². The van der Waals surface area contributed by atoms with Crippen molar-refractivity contribution >= 4 is 11.5 Å². The van der Waals surface area contributed by atoms with Gasteiger partial charge in [0, 0.05) is 24.8 Å². The molecule has 2 aromatic rings. The summed E-state index contributed by atoms with van der Waals surface area (Å²) >= 11 is 0. The van der Waals surface area contributed by atoms with E-state index in [1.54, 1.807) is 0 Å². The lowest BCUT2D eigenvalue weighted by Gasteiger charge is -2.20. The fraction of sp³-hybridized carbons (Fsp3) is 0.235. The number of nitrogen functional groups attached to an aromatic ring is 1. The quantitative estimate of drug-likeness (QED) is 0.646. The average molecular weight is 267 g/mol. The van der Waals surface area contributed by atoms with Crippen molar-refractivity contribution in [3.63, 3.8) is 0 Å². The summed E-state index contributed by atoms with van der Waals surface area (Å²) in [5, 5.41) is 7.50. The standard InChI is InChI=1S/C17H21N3/c1-3-13-7-9-14(10-8-13)12-20(2)16-6-4-5-15(11-16)17(18)19/h4-11H,3,12H2,1-2H3,(H3,18,19). The second-order valence-electron chi connectivity index (χ2n) is 4.99. The maximum atomic E-state index is 7.50. The second-order valence-corrected chi connectivity index (χ2v) is 4.99. The molecule has 3 heteroatoms. The third-order valence-corrected chi connectivity index (χ3v) is 3.45. The van der Waals surface area contributed by atoms with Crippen molar-refractivity contribution in [3.8, 4) is 0 Å². The first kappa shape index (κ1) is 14.1. The summed E-state index contributed by atoms with van der Waals surface area (Å²) in [6, 6.07) is 16.5. The second kappa shape index (κ2) is 6.24. The Morgan fingerprint density at radius 1 is 1.10 bits per heavy atom. The molecule has 0 bridgehead atoms. The number of rotatable bonds is 5. The number of benzene rings is 2. The Hall–Kier alpha value is -2.29.